The van der Waals surface area contributed by atoms with Crippen molar-refractivity contribution >= 4 is 11.4 Å². The van der Waals surface area contributed by atoms with Gasteiger partial charge in [0.05, 0.1) is 4.92 Å². The standard InChI is InChI=1S/C11H17N3O2/c1-7-4-5-10(11(6-7)14(15)16)13-9(3)8(2)12/h4-6,8-9,13H,12H2,1-3H3. The van der Waals surface area contributed by atoms with Crippen molar-refractivity contribution in [2.45, 2.75) is 32.9 Å². The highest BCUT2D eigenvalue weighted by molar-refractivity contribution is 5.63. The third-order valence-electron chi connectivity index (χ3n) is 2.52. The summed E-state index contributed by atoms with van der Waals surface area (Å²) in [4.78, 5) is 10.5. The van der Waals surface area contributed by atoms with Crippen LogP contribution in [0.1, 0.15) is 19.4 Å². The molecule has 0 aliphatic heterocycles. The number of hydrogen-bond donors (Lipinski definition) is 2. The molecule has 2 unspecified atom stereocenters. The van der Waals surface area contributed by atoms with Crippen molar-refractivity contribution in [3.63, 3.8) is 0 Å². The number of anilines is 1. The molecule has 0 heterocycles. The molecule has 1 aromatic carbocycles. The van der Waals surface area contributed by atoms with Gasteiger partial charge in [-0.05, 0) is 32.4 Å². The van der Waals surface area contributed by atoms with Crippen molar-refractivity contribution < 1.29 is 4.92 Å². The smallest absolute Gasteiger partial charge is 0.292 e. The van der Waals surface area contributed by atoms with Crippen LogP contribution in [0.2, 0.25) is 0 Å². The van der Waals surface area contributed by atoms with Crippen molar-refractivity contribution in [1.29, 1.82) is 0 Å². The molecule has 5 heteroatoms. The number of nitro benzene ring substituents is 1. The minimum absolute atomic E-state index is 0.0126. The molecular formula is C11H17N3O2. The van der Waals surface area contributed by atoms with Crippen LogP contribution >= 0.6 is 0 Å². The number of aryl methyl sites for hydroxylation is 1. The van der Waals surface area contributed by atoms with Gasteiger partial charge in [0.25, 0.3) is 5.69 Å². The van der Waals surface area contributed by atoms with E-state index in [2.05, 4.69) is 5.32 Å². The second kappa shape index (κ2) is 4.94. The van der Waals surface area contributed by atoms with Gasteiger partial charge in [-0.2, -0.15) is 0 Å². The molecule has 1 rings (SSSR count). The predicted molar refractivity (Wildman–Crippen MR) is 64.6 cm³/mol. The van der Waals surface area contributed by atoms with E-state index < -0.39 is 0 Å². The molecule has 0 radical (unpaired) electrons. The maximum Gasteiger partial charge on any atom is 0.292 e. The topological polar surface area (TPSA) is 81.2 Å². The average molecular weight is 223 g/mol. The van der Waals surface area contributed by atoms with Crippen molar-refractivity contribution in [3.05, 3.63) is 33.9 Å². The lowest BCUT2D eigenvalue weighted by Crippen LogP contribution is -2.35. The highest BCUT2D eigenvalue weighted by Gasteiger charge is 2.16. The lowest BCUT2D eigenvalue weighted by molar-refractivity contribution is -0.384. The number of nitro groups is 1. The van der Waals surface area contributed by atoms with Gasteiger partial charge in [-0.25, -0.2) is 0 Å². The van der Waals surface area contributed by atoms with Crippen molar-refractivity contribution in [2.75, 3.05) is 5.32 Å². The second-order valence-corrected chi connectivity index (χ2v) is 4.07. The molecule has 0 saturated heterocycles. The monoisotopic (exact) mass is 223 g/mol. The summed E-state index contributed by atoms with van der Waals surface area (Å²) in [6.07, 6.45) is 0. The van der Waals surface area contributed by atoms with Crippen LogP contribution in [0.4, 0.5) is 11.4 Å². The SMILES string of the molecule is Cc1ccc(NC(C)C(C)N)c([N+](=O)[O-])c1. The van der Waals surface area contributed by atoms with E-state index in [0.717, 1.165) is 5.56 Å². The number of nitrogens with two attached hydrogens (primary N) is 1. The summed E-state index contributed by atoms with van der Waals surface area (Å²) in [5.41, 5.74) is 7.18. The van der Waals surface area contributed by atoms with Gasteiger partial charge in [0.15, 0.2) is 0 Å². The number of nitrogens with one attached hydrogen (secondary N) is 1. The van der Waals surface area contributed by atoms with Crippen LogP contribution in [0.3, 0.4) is 0 Å². The van der Waals surface area contributed by atoms with Crippen LogP contribution in [0, 0.1) is 17.0 Å². The normalized spacial score (nSPS) is 14.2. The first-order valence-corrected chi connectivity index (χ1v) is 5.19. The first kappa shape index (κ1) is 12.4. The Balaban J connectivity index is 2.99. The maximum absolute atomic E-state index is 10.9. The summed E-state index contributed by atoms with van der Waals surface area (Å²) in [5.74, 6) is 0. The van der Waals surface area contributed by atoms with Crippen molar-refractivity contribution in [3.8, 4) is 0 Å². The zero-order valence-corrected chi connectivity index (χ0v) is 9.73. The van der Waals surface area contributed by atoms with Gasteiger partial charge >= 0.3 is 0 Å². The van der Waals surface area contributed by atoms with Crippen molar-refractivity contribution in [1.82, 2.24) is 0 Å². The first-order valence-electron chi connectivity index (χ1n) is 5.19. The van der Waals surface area contributed by atoms with E-state index in [4.69, 9.17) is 5.73 Å². The summed E-state index contributed by atoms with van der Waals surface area (Å²) in [6.45, 7) is 5.58. The molecule has 0 bridgehead atoms. The van der Waals surface area contributed by atoms with E-state index >= 15 is 0 Å². The van der Waals surface area contributed by atoms with E-state index in [9.17, 15) is 10.1 Å². The van der Waals surface area contributed by atoms with Crippen LogP contribution in [0.25, 0.3) is 0 Å². The molecule has 1 aromatic rings. The molecule has 0 saturated carbocycles. The van der Waals surface area contributed by atoms with Crippen LogP contribution in [0.5, 0.6) is 0 Å². The fourth-order valence-corrected chi connectivity index (χ4v) is 1.29. The molecule has 3 N–H and O–H groups in total. The Morgan fingerprint density at radius 2 is 2.06 bits per heavy atom. The van der Waals surface area contributed by atoms with Gasteiger partial charge in [-0.15, -0.1) is 0 Å². The summed E-state index contributed by atoms with van der Waals surface area (Å²) < 4.78 is 0. The highest BCUT2D eigenvalue weighted by Crippen LogP contribution is 2.26. The van der Waals surface area contributed by atoms with E-state index in [0.29, 0.717) is 5.69 Å². The summed E-state index contributed by atoms with van der Waals surface area (Å²) in [5, 5.41) is 13.9. The summed E-state index contributed by atoms with van der Waals surface area (Å²) >= 11 is 0. The fraction of sp³-hybridized carbons (Fsp3) is 0.455. The van der Waals surface area contributed by atoms with Gasteiger partial charge in [0, 0.05) is 18.2 Å². The van der Waals surface area contributed by atoms with Crippen LogP contribution < -0.4 is 11.1 Å². The molecule has 0 spiro atoms. The summed E-state index contributed by atoms with van der Waals surface area (Å²) in [6, 6.07) is 5.02. The second-order valence-electron chi connectivity index (χ2n) is 4.07. The minimum Gasteiger partial charge on any atom is -0.375 e. The van der Waals surface area contributed by atoms with Gasteiger partial charge in [0.2, 0.25) is 0 Å². The van der Waals surface area contributed by atoms with Gasteiger partial charge in [0.1, 0.15) is 5.69 Å². The molecular weight excluding hydrogens is 206 g/mol. The molecule has 16 heavy (non-hydrogen) atoms. The quantitative estimate of drug-likeness (QED) is 0.604. The number of benzene rings is 1. The van der Waals surface area contributed by atoms with Gasteiger partial charge in [-0.3, -0.25) is 10.1 Å². The van der Waals surface area contributed by atoms with Crippen LogP contribution in [0.15, 0.2) is 18.2 Å². The Morgan fingerprint density at radius 3 is 2.56 bits per heavy atom. The van der Waals surface area contributed by atoms with Crippen LogP contribution in [-0.2, 0) is 0 Å². The zero-order valence-electron chi connectivity index (χ0n) is 9.73. The summed E-state index contributed by atoms with van der Waals surface area (Å²) in [7, 11) is 0. The Morgan fingerprint density at radius 1 is 1.44 bits per heavy atom. The Labute approximate surface area is 94.8 Å². The van der Waals surface area contributed by atoms with Crippen LogP contribution in [-0.4, -0.2) is 17.0 Å². The average Bonchev–Trinajstić information content (AvgIpc) is 2.20. The third kappa shape index (κ3) is 2.93. The molecule has 0 aromatic heterocycles. The fourth-order valence-electron chi connectivity index (χ4n) is 1.29. The molecule has 0 fully saturated rings. The number of hydrogen-bond acceptors (Lipinski definition) is 4. The molecule has 5 nitrogen and oxygen atoms in total. The molecule has 0 amide bonds. The van der Waals surface area contributed by atoms with E-state index in [1.807, 2.05) is 26.8 Å². The molecule has 88 valence electrons. The lowest BCUT2D eigenvalue weighted by atomic mass is 10.1. The number of rotatable bonds is 4. The van der Waals surface area contributed by atoms with E-state index in [1.165, 1.54) is 0 Å². The molecule has 0 aliphatic rings. The lowest BCUT2D eigenvalue weighted by Gasteiger charge is -2.18. The van der Waals surface area contributed by atoms with E-state index in [-0.39, 0.29) is 22.7 Å². The van der Waals surface area contributed by atoms with E-state index in [1.54, 1.807) is 12.1 Å². The van der Waals surface area contributed by atoms with Crippen molar-refractivity contribution in [2.24, 2.45) is 5.73 Å². The molecule has 0 aliphatic carbocycles. The Bertz CT molecular complexity index is 391. The number of nitrogens with zero attached hydrogens (tertiary/aromatic N) is 1. The first-order chi connectivity index (χ1) is 7.41. The maximum atomic E-state index is 10.9. The third-order valence-corrected chi connectivity index (χ3v) is 2.52. The Hall–Kier alpha value is -1.62. The van der Waals surface area contributed by atoms with Gasteiger partial charge < -0.3 is 11.1 Å². The largest absolute Gasteiger partial charge is 0.375 e. The van der Waals surface area contributed by atoms with Gasteiger partial charge in [-0.1, -0.05) is 6.07 Å². The zero-order chi connectivity index (χ0) is 12.3. The predicted octanol–water partition coefficient (Wildman–Crippen LogP) is 2.05. The Kier molecular flexibility index (Phi) is 3.84. The molecule has 2 atom stereocenters. The highest BCUT2D eigenvalue weighted by atomic mass is 16.6. The minimum atomic E-state index is -0.386.